The number of aromatic nitrogens is 3. The molecule has 0 radical (unpaired) electrons. The molecule has 0 bridgehead atoms. The predicted molar refractivity (Wildman–Crippen MR) is 87.2 cm³/mol. The number of carbonyl (C=O) groups is 1. The molecule has 0 aliphatic carbocycles. The molecule has 1 aromatic heterocycles. The van der Waals surface area contributed by atoms with E-state index in [2.05, 4.69) is 10.3 Å². The van der Waals surface area contributed by atoms with Gasteiger partial charge in [-0.2, -0.15) is 0 Å². The quantitative estimate of drug-likeness (QED) is 0.765. The summed E-state index contributed by atoms with van der Waals surface area (Å²) in [4.78, 5) is 13.8. The molecule has 1 unspecified atom stereocenters. The van der Waals surface area contributed by atoms with E-state index in [1.165, 1.54) is 5.56 Å². The predicted octanol–water partition coefficient (Wildman–Crippen LogP) is 0.974. The summed E-state index contributed by atoms with van der Waals surface area (Å²) in [5.41, 5.74) is 1.75. The third kappa shape index (κ3) is 3.98. The van der Waals surface area contributed by atoms with Crippen molar-refractivity contribution >= 4 is 5.91 Å². The lowest BCUT2D eigenvalue weighted by Crippen LogP contribution is -2.52. The Labute approximate surface area is 140 Å². The van der Waals surface area contributed by atoms with E-state index in [9.17, 15) is 9.90 Å². The van der Waals surface area contributed by atoms with Crippen LogP contribution in [0.3, 0.4) is 0 Å². The lowest BCUT2D eigenvalue weighted by molar-refractivity contribution is -0.142. The Hall–Kier alpha value is -2.25. The minimum Gasteiger partial charge on any atom is -0.387 e. The minimum atomic E-state index is -0.630. The van der Waals surface area contributed by atoms with Crippen molar-refractivity contribution in [2.45, 2.75) is 25.5 Å². The molecule has 1 aliphatic heterocycles. The number of nitrogens with zero attached hydrogens (tertiary/aromatic N) is 4. The number of aliphatic hydroxyl groups excluding tert-OH is 1. The van der Waals surface area contributed by atoms with Crippen LogP contribution in [0.2, 0.25) is 0 Å². The van der Waals surface area contributed by atoms with Gasteiger partial charge in [0.25, 0.3) is 0 Å². The molecule has 7 nitrogen and oxygen atoms in total. The van der Waals surface area contributed by atoms with Crippen molar-refractivity contribution < 1.29 is 14.6 Å². The van der Waals surface area contributed by atoms with Crippen LogP contribution < -0.4 is 0 Å². The monoisotopic (exact) mass is 330 g/mol. The molecule has 0 spiro atoms. The van der Waals surface area contributed by atoms with E-state index in [0.717, 1.165) is 6.42 Å². The Morgan fingerprint density at radius 3 is 2.79 bits per heavy atom. The largest absolute Gasteiger partial charge is 0.387 e. The highest BCUT2D eigenvalue weighted by Gasteiger charge is 2.32. The second kappa shape index (κ2) is 7.55. The maximum atomic E-state index is 12.0. The van der Waals surface area contributed by atoms with E-state index in [4.69, 9.17) is 4.74 Å². The zero-order valence-corrected chi connectivity index (χ0v) is 13.7. The van der Waals surface area contributed by atoms with E-state index in [0.29, 0.717) is 25.4 Å². The second-order valence-electron chi connectivity index (χ2n) is 6.04. The summed E-state index contributed by atoms with van der Waals surface area (Å²) in [6.45, 7) is 3.49. The van der Waals surface area contributed by atoms with Crippen molar-refractivity contribution in [2.75, 3.05) is 26.3 Å². The van der Waals surface area contributed by atoms with Gasteiger partial charge in [0.1, 0.15) is 12.3 Å². The third-order valence-electron chi connectivity index (χ3n) is 4.15. The number of hydrogen-bond donors (Lipinski definition) is 1. The van der Waals surface area contributed by atoms with Crippen LogP contribution in [0.15, 0.2) is 36.5 Å². The van der Waals surface area contributed by atoms with Gasteiger partial charge < -0.3 is 14.7 Å². The van der Waals surface area contributed by atoms with E-state index in [1.807, 2.05) is 30.3 Å². The first-order valence-electron chi connectivity index (χ1n) is 8.12. The summed E-state index contributed by atoms with van der Waals surface area (Å²) in [6, 6.07) is 10.2. The fourth-order valence-electron chi connectivity index (χ4n) is 2.57. The Bertz CT molecular complexity index is 665. The summed E-state index contributed by atoms with van der Waals surface area (Å²) >= 11 is 0. The third-order valence-corrected chi connectivity index (χ3v) is 4.15. The van der Waals surface area contributed by atoms with E-state index in [-0.39, 0.29) is 18.6 Å². The zero-order valence-electron chi connectivity index (χ0n) is 13.7. The molecule has 128 valence electrons. The van der Waals surface area contributed by atoms with Crippen LogP contribution in [0.25, 0.3) is 0 Å². The highest BCUT2D eigenvalue weighted by Crippen LogP contribution is 2.21. The first-order valence-corrected chi connectivity index (χ1v) is 8.12. The highest BCUT2D eigenvalue weighted by molar-refractivity contribution is 5.78. The van der Waals surface area contributed by atoms with Crippen molar-refractivity contribution in [3.63, 3.8) is 0 Å². The lowest BCUT2D eigenvalue weighted by Gasteiger charge is -2.38. The smallest absolute Gasteiger partial charge is 0.248 e. The molecule has 1 aromatic carbocycles. The van der Waals surface area contributed by atoms with Crippen molar-refractivity contribution in [1.82, 2.24) is 19.9 Å². The second-order valence-corrected chi connectivity index (χ2v) is 6.04. The van der Waals surface area contributed by atoms with Gasteiger partial charge in [0.05, 0.1) is 24.9 Å². The number of ether oxygens (including phenoxy) is 1. The highest BCUT2D eigenvalue weighted by atomic mass is 16.5. The van der Waals surface area contributed by atoms with Gasteiger partial charge in [-0.25, -0.2) is 4.68 Å². The molecule has 0 saturated carbocycles. The molecule has 1 N–H and O–H groups in total. The Balaban J connectivity index is 1.35. The molecule has 1 saturated heterocycles. The Morgan fingerprint density at radius 2 is 2.12 bits per heavy atom. The normalized spacial score (nSPS) is 16.0. The van der Waals surface area contributed by atoms with Crippen molar-refractivity contribution in [1.29, 1.82) is 0 Å². The van der Waals surface area contributed by atoms with Gasteiger partial charge in [-0.1, -0.05) is 35.5 Å². The van der Waals surface area contributed by atoms with Crippen LogP contribution >= 0.6 is 0 Å². The number of carbonyl (C=O) groups excluding carboxylic acids is 1. The number of aliphatic hydroxyl groups is 1. The van der Waals surface area contributed by atoms with E-state index in [1.54, 1.807) is 22.7 Å². The van der Waals surface area contributed by atoms with Crippen LogP contribution in [0.5, 0.6) is 0 Å². The molecule has 1 aliphatic rings. The molecular formula is C17H22N4O3. The number of likely N-dealkylation sites (tertiary alicyclic amines) is 1. The SMILES string of the molecule is CC(O)c1cn(C2CN(C(=O)COCCc3ccccc3)C2)nn1. The number of benzene rings is 1. The van der Waals surface area contributed by atoms with Gasteiger partial charge in [-0.3, -0.25) is 4.79 Å². The van der Waals surface area contributed by atoms with Crippen molar-refractivity contribution in [2.24, 2.45) is 0 Å². The molecule has 1 fully saturated rings. The fraction of sp³-hybridized carbons (Fsp3) is 0.471. The average Bonchev–Trinajstić information content (AvgIpc) is 3.01. The molecule has 3 rings (SSSR count). The molecule has 2 heterocycles. The summed E-state index contributed by atoms with van der Waals surface area (Å²) in [7, 11) is 0. The zero-order chi connectivity index (χ0) is 16.9. The van der Waals surface area contributed by atoms with Crippen LogP contribution in [0.4, 0.5) is 0 Å². The standard InChI is InChI=1S/C17H22N4O3/c1-13(22)16-11-21(19-18-16)15-9-20(10-15)17(23)12-24-8-7-14-5-3-2-4-6-14/h2-6,11,13,15,22H,7-10,12H2,1H3. The molecule has 1 atom stereocenters. The van der Waals surface area contributed by atoms with Gasteiger partial charge >= 0.3 is 0 Å². The number of amides is 1. The van der Waals surface area contributed by atoms with Gasteiger partial charge in [-0.05, 0) is 18.9 Å². The Morgan fingerprint density at radius 1 is 1.38 bits per heavy atom. The van der Waals surface area contributed by atoms with E-state index >= 15 is 0 Å². The van der Waals surface area contributed by atoms with Gasteiger partial charge in [0.15, 0.2) is 0 Å². The van der Waals surface area contributed by atoms with Gasteiger partial charge in [0.2, 0.25) is 5.91 Å². The molecule has 24 heavy (non-hydrogen) atoms. The maximum Gasteiger partial charge on any atom is 0.248 e. The topological polar surface area (TPSA) is 80.5 Å². The first-order chi connectivity index (χ1) is 11.6. The number of hydrogen-bond acceptors (Lipinski definition) is 5. The lowest BCUT2D eigenvalue weighted by atomic mass is 10.1. The molecular weight excluding hydrogens is 308 g/mol. The molecule has 2 aromatic rings. The summed E-state index contributed by atoms with van der Waals surface area (Å²) in [5.74, 6) is -0.00447. The van der Waals surface area contributed by atoms with Gasteiger partial charge in [0, 0.05) is 13.1 Å². The van der Waals surface area contributed by atoms with Crippen LogP contribution in [-0.4, -0.2) is 57.2 Å². The average molecular weight is 330 g/mol. The van der Waals surface area contributed by atoms with Crippen LogP contribution in [0.1, 0.15) is 30.3 Å². The summed E-state index contributed by atoms with van der Waals surface area (Å²) < 4.78 is 7.18. The van der Waals surface area contributed by atoms with E-state index < -0.39 is 6.10 Å². The molecule has 1 amide bonds. The van der Waals surface area contributed by atoms with Crippen molar-refractivity contribution in [3.8, 4) is 0 Å². The first kappa shape index (κ1) is 16.6. The van der Waals surface area contributed by atoms with Crippen LogP contribution in [0, 0.1) is 0 Å². The number of rotatable bonds is 7. The van der Waals surface area contributed by atoms with Gasteiger partial charge in [-0.15, -0.1) is 5.10 Å². The summed E-state index contributed by atoms with van der Waals surface area (Å²) in [5, 5.41) is 17.4. The van der Waals surface area contributed by atoms with Crippen molar-refractivity contribution in [3.05, 3.63) is 47.8 Å². The minimum absolute atomic E-state index is 0.00447. The molecule has 7 heteroatoms. The maximum absolute atomic E-state index is 12.0. The summed E-state index contributed by atoms with van der Waals surface area (Å²) in [6.07, 6.45) is 1.90. The fourth-order valence-corrected chi connectivity index (χ4v) is 2.57. The van der Waals surface area contributed by atoms with Crippen LogP contribution in [-0.2, 0) is 16.0 Å². The Kier molecular flexibility index (Phi) is 5.22.